The van der Waals surface area contributed by atoms with Gasteiger partial charge in [-0.15, -0.1) is 11.8 Å². The third kappa shape index (κ3) is 4.41. The predicted molar refractivity (Wildman–Crippen MR) is 114 cm³/mol. The number of aryl methyl sites for hydroxylation is 1. The number of hydrogen-bond donors (Lipinski definition) is 1. The number of halogens is 1. The standard InChI is InChI=1S/C20H17FN4O2S2/c1-12-9-18(23-19(26)11-28-15-6-3-13(21)4-7-15)25(24-12)20-22-16-8-5-14(27-2)10-17(16)29-20/h3-10H,11H2,1-2H3,(H,23,26). The van der Waals surface area contributed by atoms with Crippen molar-refractivity contribution < 1.29 is 13.9 Å². The van der Waals surface area contributed by atoms with Gasteiger partial charge in [0.05, 0.1) is 28.8 Å². The Bertz CT molecular complexity index is 1170. The summed E-state index contributed by atoms with van der Waals surface area (Å²) in [6.07, 6.45) is 0. The van der Waals surface area contributed by atoms with E-state index in [9.17, 15) is 9.18 Å². The van der Waals surface area contributed by atoms with Crippen LogP contribution in [0, 0.1) is 12.7 Å². The molecule has 0 radical (unpaired) electrons. The first kappa shape index (κ1) is 19.4. The number of amides is 1. The normalized spacial score (nSPS) is 11.0. The fourth-order valence-electron chi connectivity index (χ4n) is 2.70. The quantitative estimate of drug-likeness (QED) is 0.452. The Hall–Kier alpha value is -2.91. The molecule has 0 fully saturated rings. The molecule has 1 amide bonds. The van der Waals surface area contributed by atoms with Crippen molar-refractivity contribution in [3.63, 3.8) is 0 Å². The maximum Gasteiger partial charge on any atom is 0.235 e. The Morgan fingerprint density at radius 1 is 1.24 bits per heavy atom. The van der Waals surface area contributed by atoms with E-state index in [2.05, 4.69) is 15.4 Å². The number of benzene rings is 2. The predicted octanol–water partition coefficient (Wildman–Crippen LogP) is 4.67. The Kier molecular flexibility index (Phi) is 5.50. The van der Waals surface area contributed by atoms with Crippen molar-refractivity contribution in [2.45, 2.75) is 11.8 Å². The van der Waals surface area contributed by atoms with Gasteiger partial charge in [-0.3, -0.25) is 4.79 Å². The molecule has 2 aromatic heterocycles. The maximum atomic E-state index is 13.0. The molecule has 0 saturated heterocycles. The van der Waals surface area contributed by atoms with E-state index in [4.69, 9.17) is 4.74 Å². The number of rotatable bonds is 6. The van der Waals surface area contributed by atoms with E-state index in [0.717, 1.165) is 26.6 Å². The molecule has 0 aliphatic heterocycles. The van der Waals surface area contributed by atoms with Crippen LogP contribution in [0.1, 0.15) is 5.69 Å². The number of ether oxygens (including phenoxy) is 1. The zero-order valence-corrected chi connectivity index (χ0v) is 17.3. The van der Waals surface area contributed by atoms with Crippen LogP contribution in [0.25, 0.3) is 15.3 Å². The number of thiazole rings is 1. The van der Waals surface area contributed by atoms with Gasteiger partial charge < -0.3 is 10.1 Å². The topological polar surface area (TPSA) is 69.0 Å². The smallest absolute Gasteiger partial charge is 0.235 e. The van der Waals surface area contributed by atoms with Crippen LogP contribution < -0.4 is 10.1 Å². The lowest BCUT2D eigenvalue weighted by molar-refractivity contribution is -0.113. The van der Waals surface area contributed by atoms with Gasteiger partial charge in [0.15, 0.2) is 0 Å². The molecule has 0 atom stereocenters. The number of aromatic nitrogens is 3. The summed E-state index contributed by atoms with van der Waals surface area (Å²) >= 11 is 2.80. The average molecular weight is 429 g/mol. The van der Waals surface area contributed by atoms with Gasteiger partial charge in [0.1, 0.15) is 17.4 Å². The second kappa shape index (κ2) is 8.22. The van der Waals surface area contributed by atoms with Gasteiger partial charge in [-0.05, 0) is 49.4 Å². The van der Waals surface area contributed by atoms with Crippen LogP contribution in [0.4, 0.5) is 10.2 Å². The lowest BCUT2D eigenvalue weighted by atomic mass is 10.3. The minimum atomic E-state index is -0.299. The van der Waals surface area contributed by atoms with E-state index in [-0.39, 0.29) is 17.5 Å². The van der Waals surface area contributed by atoms with E-state index >= 15 is 0 Å². The summed E-state index contributed by atoms with van der Waals surface area (Å²) in [5, 5.41) is 8.01. The second-order valence-electron chi connectivity index (χ2n) is 6.20. The Morgan fingerprint density at radius 2 is 2.03 bits per heavy atom. The molecule has 1 N–H and O–H groups in total. The van der Waals surface area contributed by atoms with Gasteiger partial charge in [0.25, 0.3) is 0 Å². The van der Waals surface area contributed by atoms with Gasteiger partial charge in [-0.2, -0.15) is 9.78 Å². The third-order valence-electron chi connectivity index (χ3n) is 4.05. The number of carbonyl (C=O) groups is 1. The van der Waals surface area contributed by atoms with Gasteiger partial charge in [-0.1, -0.05) is 11.3 Å². The zero-order valence-electron chi connectivity index (χ0n) is 15.7. The molecular weight excluding hydrogens is 411 g/mol. The Balaban J connectivity index is 1.52. The molecule has 6 nitrogen and oxygen atoms in total. The lowest BCUT2D eigenvalue weighted by Crippen LogP contribution is -2.16. The van der Waals surface area contributed by atoms with Crippen molar-refractivity contribution in [1.82, 2.24) is 14.8 Å². The maximum absolute atomic E-state index is 13.0. The number of thioether (sulfide) groups is 1. The lowest BCUT2D eigenvalue weighted by Gasteiger charge is -2.06. The van der Waals surface area contributed by atoms with Crippen LogP contribution in [-0.2, 0) is 4.79 Å². The highest BCUT2D eigenvalue weighted by Gasteiger charge is 2.15. The number of nitrogens with zero attached hydrogens (tertiary/aromatic N) is 3. The van der Waals surface area contributed by atoms with Crippen LogP contribution in [0.5, 0.6) is 5.75 Å². The van der Waals surface area contributed by atoms with Crippen molar-refractivity contribution in [3.05, 3.63) is 60.0 Å². The number of carbonyl (C=O) groups excluding carboxylic acids is 1. The monoisotopic (exact) mass is 428 g/mol. The van der Waals surface area contributed by atoms with Gasteiger partial charge >= 0.3 is 0 Å². The van der Waals surface area contributed by atoms with E-state index in [1.807, 2.05) is 25.1 Å². The van der Waals surface area contributed by atoms with Gasteiger partial charge in [-0.25, -0.2) is 9.37 Å². The number of fused-ring (bicyclic) bond motifs is 1. The first-order valence-corrected chi connectivity index (χ1v) is 10.5. The molecule has 148 valence electrons. The van der Waals surface area contributed by atoms with Crippen molar-refractivity contribution in [2.75, 3.05) is 18.2 Å². The second-order valence-corrected chi connectivity index (χ2v) is 8.26. The van der Waals surface area contributed by atoms with E-state index < -0.39 is 0 Å². The first-order valence-electron chi connectivity index (χ1n) is 8.71. The summed E-state index contributed by atoms with van der Waals surface area (Å²) in [6, 6.07) is 13.5. The number of hydrogen-bond acceptors (Lipinski definition) is 6. The zero-order chi connectivity index (χ0) is 20.4. The minimum Gasteiger partial charge on any atom is -0.497 e. The Labute approximate surface area is 174 Å². The fourth-order valence-corrected chi connectivity index (χ4v) is 4.36. The SMILES string of the molecule is COc1ccc2nc(-n3nc(C)cc3NC(=O)CSc3ccc(F)cc3)sc2c1. The van der Waals surface area contributed by atoms with Crippen LogP contribution in [0.15, 0.2) is 53.4 Å². The van der Waals surface area contributed by atoms with Gasteiger partial charge in [0, 0.05) is 11.0 Å². The fraction of sp³-hybridized carbons (Fsp3) is 0.150. The highest BCUT2D eigenvalue weighted by atomic mass is 32.2. The molecule has 0 spiro atoms. The van der Waals surface area contributed by atoms with E-state index in [0.29, 0.717) is 10.9 Å². The molecule has 0 saturated carbocycles. The molecule has 0 aliphatic rings. The minimum absolute atomic E-state index is 0.178. The molecule has 29 heavy (non-hydrogen) atoms. The van der Waals surface area contributed by atoms with Crippen LogP contribution >= 0.6 is 23.1 Å². The molecule has 4 rings (SSSR count). The average Bonchev–Trinajstić information content (AvgIpc) is 3.29. The number of methoxy groups -OCH3 is 1. The molecule has 0 unspecified atom stereocenters. The van der Waals surface area contributed by atoms with E-state index in [1.54, 1.807) is 30.0 Å². The van der Waals surface area contributed by atoms with E-state index in [1.165, 1.54) is 35.2 Å². The van der Waals surface area contributed by atoms with Crippen molar-refractivity contribution in [1.29, 1.82) is 0 Å². The number of anilines is 1. The molecule has 2 heterocycles. The van der Waals surface area contributed by atoms with Crippen molar-refractivity contribution >= 4 is 45.0 Å². The number of nitrogens with one attached hydrogen (secondary N) is 1. The molecular formula is C20H17FN4O2S2. The molecule has 0 aliphatic carbocycles. The summed E-state index contributed by atoms with van der Waals surface area (Å²) in [5.74, 6) is 1.04. The molecule has 9 heteroatoms. The summed E-state index contributed by atoms with van der Waals surface area (Å²) in [5.41, 5.74) is 1.60. The van der Waals surface area contributed by atoms with Crippen molar-refractivity contribution in [3.8, 4) is 10.9 Å². The van der Waals surface area contributed by atoms with Crippen LogP contribution in [-0.4, -0.2) is 33.5 Å². The third-order valence-corrected chi connectivity index (χ3v) is 6.05. The highest BCUT2D eigenvalue weighted by molar-refractivity contribution is 8.00. The molecule has 4 aromatic rings. The van der Waals surface area contributed by atoms with Crippen LogP contribution in [0.3, 0.4) is 0 Å². The largest absolute Gasteiger partial charge is 0.497 e. The summed E-state index contributed by atoms with van der Waals surface area (Å²) in [4.78, 5) is 17.9. The first-order chi connectivity index (χ1) is 14.0. The van der Waals surface area contributed by atoms with Crippen molar-refractivity contribution in [2.24, 2.45) is 0 Å². The summed E-state index contributed by atoms with van der Waals surface area (Å²) in [7, 11) is 1.62. The summed E-state index contributed by atoms with van der Waals surface area (Å²) < 4.78 is 20.9. The highest BCUT2D eigenvalue weighted by Crippen LogP contribution is 2.30. The van der Waals surface area contributed by atoms with Gasteiger partial charge in [0.2, 0.25) is 11.0 Å². The molecule has 2 aromatic carbocycles. The summed E-state index contributed by atoms with van der Waals surface area (Å²) in [6.45, 7) is 1.86. The molecule has 0 bridgehead atoms. The van der Waals surface area contributed by atoms with Crippen LogP contribution in [0.2, 0.25) is 0 Å². The Morgan fingerprint density at radius 3 is 2.79 bits per heavy atom.